The van der Waals surface area contributed by atoms with Crippen molar-refractivity contribution in [2.45, 2.75) is 12.7 Å². The Morgan fingerprint density at radius 3 is 2.38 bits per heavy atom. The number of nitrogens with one attached hydrogen (secondary N) is 1. The fourth-order valence-corrected chi connectivity index (χ4v) is 2.81. The Hall–Kier alpha value is -3.74. The van der Waals surface area contributed by atoms with E-state index >= 15 is 0 Å². The van der Waals surface area contributed by atoms with E-state index in [1.165, 1.54) is 32.7 Å². The van der Waals surface area contributed by atoms with Crippen LogP contribution in [0.25, 0.3) is 16.7 Å². The first-order valence-electron chi connectivity index (χ1n) is 8.26. The number of rotatable bonds is 6. The molecule has 0 spiro atoms. The molecule has 0 fully saturated rings. The molecule has 0 aliphatic rings. The standard InChI is InChI=1S/C19H15F3N4O3/c1-28-14-6-11(26-9-24-12-5-10(8-23)3-4-13(12)26)7-15(29-2)16(14)19(27)25-18(22)17(20)21/h3-7,9,17-18H,1-2H3,(H,25,27). The second kappa shape index (κ2) is 8.10. The maximum Gasteiger partial charge on any atom is 0.287 e. The summed E-state index contributed by atoms with van der Waals surface area (Å²) in [5.74, 6) is -1.12. The number of methoxy groups -OCH3 is 2. The van der Waals surface area contributed by atoms with E-state index in [0.717, 1.165) is 0 Å². The van der Waals surface area contributed by atoms with Crippen molar-refractivity contribution in [1.82, 2.24) is 14.9 Å². The lowest BCUT2D eigenvalue weighted by molar-refractivity contribution is 0.0285. The quantitative estimate of drug-likeness (QED) is 0.638. The van der Waals surface area contributed by atoms with Crippen molar-refractivity contribution in [3.05, 3.63) is 47.8 Å². The van der Waals surface area contributed by atoms with Crippen LogP contribution in [0.2, 0.25) is 0 Å². The highest BCUT2D eigenvalue weighted by Crippen LogP contribution is 2.33. The van der Waals surface area contributed by atoms with Crippen LogP contribution in [-0.2, 0) is 0 Å². The Morgan fingerprint density at radius 1 is 1.17 bits per heavy atom. The van der Waals surface area contributed by atoms with Gasteiger partial charge in [0.05, 0.1) is 42.6 Å². The Balaban J connectivity index is 2.09. The summed E-state index contributed by atoms with van der Waals surface area (Å²) < 4.78 is 50.2. The number of carbonyl (C=O) groups excluding carboxylic acids is 1. The first kappa shape index (κ1) is 20.0. The predicted octanol–water partition coefficient (Wildman–Crippen LogP) is 3.20. The van der Waals surface area contributed by atoms with E-state index in [2.05, 4.69) is 4.98 Å². The molecule has 1 unspecified atom stereocenters. The lowest BCUT2D eigenvalue weighted by atomic mass is 10.1. The molecule has 1 atom stereocenters. The Labute approximate surface area is 163 Å². The highest BCUT2D eigenvalue weighted by Gasteiger charge is 2.27. The van der Waals surface area contributed by atoms with Crippen molar-refractivity contribution in [2.24, 2.45) is 0 Å². The van der Waals surface area contributed by atoms with Crippen LogP contribution in [0, 0.1) is 11.3 Å². The largest absolute Gasteiger partial charge is 0.496 e. The van der Waals surface area contributed by atoms with E-state index in [9.17, 15) is 18.0 Å². The van der Waals surface area contributed by atoms with Gasteiger partial charge in [0.15, 0.2) is 0 Å². The van der Waals surface area contributed by atoms with Crippen molar-refractivity contribution in [3.8, 4) is 23.3 Å². The summed E-state index contributed by atoms with van der Waals surface area (Å²) in [6, 6.07) is 9.91. The monoisotopic (exact) mass is 404 g/mol. The second-order valence-electron chi connectivity index (χ2n) is 5.86. The maximum atomic E-state index is 13.3. The second-order valence-corrected chi connectivity index (χ2v) is 5.86. The van der Waals surface area contributed by atoms with Gasteiger partial charge in [0.2, 0.25) is 6.30 Å². The lowest BCUT2D eigenvalue weighted by Gasteiger charge is -2.17. The fraction of sp³-hybridized carbons (Fsp3) is 0.211. The number of halogens is 3. The third kappa shape index (κ3) is 3.80. The van der Waals surface area contributed by atoms with Gasteiger partial charge in [-0.15, -0.1) is 0 Å². The van der Waals surface area contributed by atoms with Crippen LogP contribution in [0.5, 0.6) is 11.5 Å². The summed E-state index contributed by atoms with van der Waals surface area (Å²) >= 11 is 0. The predicted molar refractivity (Wildman–Crippen MR) is 97.3 cm³/mol. The Kier molecular flexibility index (Phi) is 5.59. The van der Waals surface area contributed by atoms with Gasteiger partial charge >= 0.3 is 0 Å². The van der Waals surface area contributed by atoms with Gasteiger partial charge in [-0.3, -0.25) is 9.36 Å². The number of imidazole rings is 1. The fourth-order valence-electron chi connectivity index (χ4n) is 2.81. The average molecular weight is 404 g/mol. The summed E-state index contributed by atoms with van der Waals surface area (Å²) in [6.07, 6.45) is -4.69. The first-order chi connectivity index (χ1) is 13.9. The maximum absolute atomic E-state index is 13.3. The van der Waals surface area contributed by atoms with Gasteiger partial charge in [0, 0.05) is 12.1 Å². The zero-order chi connectivity index (χ0) is 21.1. The molecule has 1 amide bonds. The van der Waals surface area contributed by atoms with Crippen LogP contribution in [0.15, 0.2) is 36.7 Å². The summed E-state index contributed by atoms with van der Waals surface area (Å²) in [5.41, 5.74) is 1.96. The van der Waals surface area contributed by atoms with E-state index in [1.807, 2.05) is 6.07 Å². The molecule has 0 saturated heterocycles. The molecule has 1 heterocycles. The molecule has 29 heavy (non-hydrogen) atoms. The van der Waals surface area contributed by atoms with Crippen LogP contribution < -0.4 is 14.8 Å². The number of ether oxygens (including phenoxy) is 2. The number of alkyl halides is 3. The van der Waals surface area contributed by atoms with Crippen LogP contribution in [0.1, 0.15) is 15.9 Å². The topological polar surface area (TPSA) is 89.2 Å². The highest BCUT2D eigenvalue weighted by atomic mass is 19.3. The molecule has 1 N–H and O–H groups in total. The normalized spacial score (nSPS) is 11.9. The lowest BCUT2D eigenvalue weighted by Crippen LogP contribution is -2.36. The highest BCUT2D eigenvalue weighted by molar-refractivity contribution is 6.00. The molecule has 0 bridgehead atoms. The first-order valence-corrected chi connectivity index (χ1v) is 8.26. The molecule has 0 radical (unpaired) electrons. The molecule has 3 aromatic rings. The number of hydrogen-bond acceptors (Lipinski definition) is 5. The Bertz CT molecular complexity index is 1080. The van der Waals surface area contributed by atoms with Gasteiger partial charge in [0.25, 0.3) is 12.3 Å². The number of hydrogen-bond donors (Lipinski definition) is 1. The van der Waals surface area contributed by atoms with Crippen molar-refractivity contribution >= 4 is 16.9 Å². The minimum atomic E-state index is -3.37. The summed E-state index contributed by atoms with van der Waals surface area (Å²) in [6.45, 7) is 0. The number of nitriles is 1. The third-order valence-electron chi connectivity index (χ3n) is 4.16. The third-order valence-corrected chi connectivity index (χ3v) is 4.16. The summed E-state index contributed by atoms with van der Waals surface area (Å²) in [5, 5.41) is 10.6. The Morgan fingerprint density at radius 2 is 1.83 bits per heavy atom. The zero-order valence-corrected chi connectivity index (χ0v) is 15.3. The smallest absolute Gasteiger partial charge is 0.287 e. The minimum Gasteiger partial charge on any atom is -0.496 e. The molecule has 1 aromatic heterocycles. The molecule has 0 saturated carbocycles. The molecule has 3 rings (SSSR count). The van der Waals surface area contributed by atoms with Gasteiger partial charge in [-0.25, -0.2) is 18.2 Å². The van der Waals surface area contributed by atoms with E-state index in [4.69, 9.17) is 14.7 Å². The van der Waals surface area contributed by atoms with Crippen LogP contribution in [0.3, 0.4) is 0 Å². The van der Waals surface area contributed by atoms with Crippen molar-refractivity contribution in [3.63, 3.8) is 0 Å². The van der Waals surface area contributed by atoms with Crippen LogP contribution in [0.4, 0.5) is 13.2 Å². The van der Waals surface area contributed by atoms with Crippen LogP contribution in [-0.4, -0.2) is 42.4 Å². The number of nitrogens with zero attached hydrogens (tertiary/aromatic N) is 3. The number of aromatic nitrogens is 2. The van der Waals surface area contributed by atoms with Gasteiger partial charge in [-0.2, -0.15) is 5.26 Å². The number of amides is 1. The molecular weight excluding hydrogens is 389 g/mol. The van der Waals surface area contributed by atoms with Gasteiger partial charge in [-0.05, 0) is 18.2 Å². The molecule has 0 aliphatic heterocycles. The molecular formula is C19H15F3N4O3. The number of carbonyl (C=O) groups is 1. The van der Waals surface area contributed by atoms with E-state index in [1.54, 1.807) is 28.1 Å². The van der Waals surface area contributed by atoms with Crippen LogP contribution >= 0.6 is 0 Å². The molecule has 10 heteroatoms. The SMILES string of the molecule is COc1cc(-n2cnc3cc(C#N)ccc32)cc(OC)c1C(=O)NC(F)C(F)F. The molecule has 150 valence electrons. The average Bonchev–Trinajstić information content (AvgIpc) is 3.15. The van der Waals surface area contributed by atoms with Crippen molar-refractivity contribution in [2.75, 3.05) is 14.2 Å². The van der Waals surface area contributed by atoms with E-state index in [0.29, 0.717) is 22.3 Å². The number of fused-ring (bicyclic) bond motifs is 1. The summed E-state index contributed by atoms with van der Waals surface area (Å²) in [7, 11) is 2.56. The van der Waals surface area contributed by atoms with E-state index in [-0.39, 0.29) is 17.1 Å². The van der Waals surface area contributed by atoms with Crippen molar-refractivity contribution < 1.29 is 27.4 Å². The minimum absolute atomic E-state index is 0.00573. The molecule has 0 aliphatic carbocycles. The van der Waals surface area contributed by atoms with Gasteiger partial charge < -0.3 is 14.8 Å². The van der Waals surface area contributed by atoms with Crippen molar-refractivity contribution in [1.29, 1.82) is 5.26 Å². The van der Waals surface area contributed by atoms with Gasteiger partial charge in [-0.1, -0.05) is 0 Å². The summed E-state index contributed by atoms with van der Waals surface area (Å²) in [4.78, 5) is 16.6. The van der Waals surface area contributed by atoms with Gasteiger partial charge in [0.1, 0.15) is 23.4 Å². The molecule has 2 aromatic carbocycles. The zero-order valence-electron chi connectivity index (χ0n) is 15.3. The molecule has 7 nitrogen and oxygen atoms in total. The van der Waals surface area contributed by atoms with E-state index < -0.39 is 18.6 Å². The number of benzene rings is 2.